The number of nitrogens with zero attached hydrogens (tertiary/aromatic N) is 1. The Labute approximate surface area is 169 Å². The number of hydrogen-bond acceptors (Lipinski definition) is 3. The number of nitrogens with one attached hydrogen (secondary N) is 1. The minimum Gasteiger partial charge on any atom is -0.349 e. The average molecular weight is 393 g/mol. The molecule has 4 nitrogen and oxygen atoms in total. The van der Waals surface area contributed by atoms with Gasteiger partial charge in [-0.05, 0) is 61.4 Å². The highest BCUT2D eigenvalue weighted by Gasteiger charge is 2.38. The predicted octanol–water partition coefficient (Wildman–Crippen LogP) is 3.79. The summed E-state index contributed by atoms with van der Waals surface area (Å²) in [6.07, 6.45) is 5.19. The van der Waals surface area contributed by atoms with Gasteiger partial charge >= 0.3 is 0 Å². The van der Waals surface area contributed by atoms with Crippen LogP contribution in [0.5, 0.6) is 0 Å². The molecular weight excluding hydrogens is 368 g/mol. The van der Waals surface area contributed by atoms with Crippen LogP contribution < -0.4 is 5.32 Å². The third-order valence-electron chi connectivity index (χ3n) is 5.67. The molecule has 2 aromatic carbocycles. The predicted molar refractivity (Wildman–Crippen MR) is 110 cm³/mol. The summed E-state index contributed by atoms with van der Waals surface area (Å²) in [6, 6.07) is 16.8. The molecule has 1 aliphatic heterocycles. The molecule has 1 N–H and O–H groups in total. The molecule has 0 spiro atoms. The Morgan fingerprint density at radius 3 is 2.43 bits per heavy atom. The van der Waals surface area contributed by atoms with Crippen molar-refractivity contribution in [3.8, 4) is 0 Å². The van der Waals surface area contributed by atoms with Gasteiger partial charge in [-0.1, -0.05) is 30.3 Å². The van der Waals surface area contributed by atoms with Crippen molar-refractivity contribution in [3.05, 3.63) is 65.2 Å². The summed E-state index contributed by atoms with van der Waals surface area (Å²) >= 11 is 1.70. The second-order valence-electron chi connectivity index (χ2n) is 8.06. The molecule has 144 valence electrons. The first-order chi connectivity index (χ1) is 13.7. The SMILES string of the molecule is O=C(NC1CC1)c1ccc(CN(C(=O)C2Cc3ccccc3S2)C2CC2)cc1. The van der Waals surface area contributed by atoms with Crippen molar-refractivity contribution < 1.29 is 9.59 Å². The molecule has 2 saturated carbocycles. The summed E-state index contributed by atoms with van der Waals surface area (Å²) in [5.74, 6) is 0.253. The summed E-state index contributed by atoms with van der Waals surface area (Å²) in [4.78, 5) is 28.7. The van der Waals surface area contributed by atoms with Crippen molar-refractivity contribution in [2.24, 2.45) is 0 Å². The van der Waals surface area contributed by atoms with Gasteiger partial charge in [-0.3, -0.25) is 9.59 Å². The van der Waals surface area contributed by atoms with E-state index in [4.69, 9.17) is 0 Å². The molecule has 1 atom stereocenters. The van der Waals surface area contributed by atoms with E-state index in [0.29, 0.717) is 24.2 Å². The van der Waals surface area contributed by atoms with E-state index in [0.717, 1.165) is 37.7 Å². The van der Waals surface area contributed by atoms with E-state index >= 15 is 0 Å². The van der Waals surface area contributed by atoms with E-state index in [9.17, 15) is 9.59 Å². The van der Waals surface area contributed by atoms with Crippen LogP contribution in [0.4, 0.5) is 0 Å². The molecule has 2 aliphatic carbocycles. The van der Waals surface area contributed by atoms with Crippen LogP contribution in [0.15, 0.2) is 53.4 Å². The minimum atomic E-state index is -0.0124. The van der Waals surface area contributed by atoms with Crippen molar-refractivity contribution in [1.29, 1.82) is 0 Å². The summed E-state index contributed by atoms with van der Waals surface area (Å²) < 4.78 is 0. The van der Waals surface area contributed by atoms with Gasteiger partial charge in [-0.2, -0.15) is 0 Å². The van der Waals surface area contributed by atoms with Crippen LogP contribution >= 0.6 is 11.8 Å². The van der Waals surface area contributed by atoms with Crippen molar-refractivity contribution in [2.75, 3.05) is 0 Å². The molecule has 2 aromatic rings. The highest BCUT2D eigenvalue weighted by Crippen LogP contribution is 2.39. The summed E-state index contributed by atoms with van der Waals surface area (Å²) in [5, 5.41) is 3.00. The van der Waals surface area contributed by atoms with Crippen LogP contribution in [0.1, 0.15) is 47.2 Å². The molecule has 2 fully saturated rings. The average Bonchev–Trinajstić information content (AvgIpc) is 3.64. The lowest BCUT2D eigenvalue weighted by Gasteiger charge is -2.25. The van der Waals surface area contributed by atoms with Crippen molar-refractivity contribution in [1.82, 2.24) is 10.2 Å². The van der Waals surface area contributed by atoms with E-state index in [2.05, 4.69) is 22.3 Å². The first-order valence-corrected chi connectivity index (χ1v) is 11.0. The van der Waals surface area contributed by atoms with Gasteiger partial charge in [-0.15, -0.1) is 11.8 Å². The number of carbonyl (C=O) groups is 2. The zero-order valence-electron chi connectivity index (χ0n) is 15.8. The molecule has 5 heteroatoms. The van der Waals surface area contributed by atoms with E-state index in [1.165, 1.54) is 10.5 Å². The van der Waals surface area contributed by atoms with Gasteiger partial charge in [0.15, 0.2) is 0 Å². The number of fused-ring (bicyclic) bond motifs is 1. The molecular formula is C23H24N2O2S. The van der Waals surface area contributed by atoms with Crippen molar-refractivity contribution >= 4 is 23.6 Å². The van der Waals surface area contributed by atoms with Gasteiger partial charge in [0.2, 0.25) is 5.91 Å². The van der Waals surface area contributed by atoms with Crippen LogP contribution in [0.2, 0.25) is 0 Å². The summed E-state index contributed by atoms with van der Waals surface area (Å²) in [7, 11) is 0. The number of amides is 2. The number of thioether (sulfide) groups is 1. The highest BCUT2D eigenvalue weighted by atomic mass is 32.2. The Bertz CT molecular complexity index is 878. The Morgan fingerprint density at radius 1 is 1.00 bits per heavy atom. The molecule has 1 heterocycles. The second-order valence-corrected chi connectivity index (χ2v) is 9.30. The zero-order chi connectivity index (χ0) is 19.1. The van der Waals surface area contributed by atoms with Gasteiger partial charge in [0, 0.05) is 29.1 Å². The van der Waals surface area contributed by atoms with Crippen LogP contribution in [-0.4, -0.2) is 34.0 Å². The normalized spacial score (nSPS) is 20.5. The highest BCUT2D eigenvalue weighted by molar-refractivity contribution is 8.01. The summed E-state index contributed by atoms with van der Waals surface area (Å²) in [5.41, 5.74) is 3.07. The molecule has 2 amide bonds. The standard InChI is InChI=1S/C23H24N2O2S/c26-22(24-18-9-10-18)16-7-5-15(6-8-16)14-25(19-11-12-19)23(27)21-13-17-3-1-2-4-20(17)28-21/h1-8,18-19,21H,9-14H2,(H,24,26). The maximum Gasteiger partial charge on any atom is 0.251 e. The maximum atomic E-state index is 13.2. The van der Waals surface area contributed by atoms with E-state index in [1.54, 1.807) is 11.8 Å². The van der Waals surface area contributed by atoms with Gasteiger partial charge in [0.1, 0.15) is 0 Å². The maximum absolute atomic E-state index is 13.2. The number of hydrogen-bond donors (Lipinski definition) is 1. The quantitative estimate of drug-likeness (QED) is 0.814. The lowest BCUT2D eigenvalue weighted by Crippen LogP contribution is -2.38. The molecule has 5 rings (SSSR count). The fraction of sp³-hybridized carbons (Fsp3) is 0.391. The van der Waals surface area contributed by atoms with Crippen LogP contribution in [-0.2, 0) is 17.8 Å². The Hall–Kier alpha value is -2.27. The van der Waals surface area contributed by atoms with Crippen LogP contribution in [0.25, 0.3) is 0 Å². The third-order valence-corrected chi connectivity index (χ3v) is 6.98. The Kier molecular flexibility index (Phi) is 4.63. The van der Waals surface area contributed by atoms with Crippen molar-refractivity contribution in [3.63, 3.8) is 0 Å². The first-order valence-electron chi connectivity index (χ1n) is 10.1. The fourth-order valence-electron chi connectivity index (χ4n) is 3.73. The van der Waals surface area contributed by atoms with Crippen LogP contribution in [0.3, 0.4) is 0 Å². The van der Waals surface area contributed by atoms with Gasteiger partial charge in [0.25, 0.3) is 5.91 Å². The van der Waals surface area contributed by atoms with Crippen LogP contribution in [0, 0.1) is 0 Å². The third kappa shape index (κ3) is 3.81. The number of benzene rings is 2. The fourth-order valence-corrected chi connectivity index (χ4v) is 5.00. The first kappa shape index (κ1) is 17.8. The minimum absolute atomic E-state index is 0.00398. The topological polar surface area (TPSA) is 49.4 Å². The molecule has 1 unspecified atom stereocenters. The Balaban J connectivity index is 1.26. The lowest BCUT2D eigenvalue weighted by atomic mass is 10.1. The number of carbonyl (C=O) groups excluding carboxylic acids is 2. The Morgan fingerprint density at radius 2 is 1.75 bits per heavy atom. The van der Waals surface area contributed by atoms with E-state index in [1.807, 2.05) is 36.4 Å². The largest absolute Gasteiger partial charge is 0.349 e. The molecule has 0 saturated heterocycles. The van der Waals surface area contributed by atoms with E-state index in [-0.39, 0.29) is 17.1 Å². The molecule has 3 aliphatic rings. The lowest BCUT2D eigenvalue weighted by molar-refractivity contribution is -0.131. The summed E-state index contributed by atoms with van der Waals surface area (Å²) in [6.45, 7) is 0.626. The monoisotopic (exact) mass is 392 g/mol. The molecule has 0 aromatic heterocycles. The smallest absolute Gasteiger partial charge is 0.251 e. The molecule has 0 bridgehead atoms. The zero-order valence-corrected chi connectivity index (χ0v) is 16.6. The van der Waals surface area contributed by atoms with Gasteiger partial charge in [0.05, 0.1) is 5.25 Å². The molecule has 28 heavy (non-hydrogen) atoms. The van der Waals surface area contributed by atoms with Gasteiger partial charge < -0.3 is 10.2 Å². The molecule has 0 radical (unpaired) electrons. The second kappa shape index (κ2) is 7.28. The van der Waals surface area contributed by atoms with Gasteiger partial charge in [-0.25, -0.2) is 0 Å². The van der Waals surface area contributed by atoms with Crippen molar-refractivity contribution in [2.45, 2.75) is 60.9 Å². The number of rotatable bonds is 6. The van der Waals surface area contributed by atoms with E-state index < -0.39 is 0 Å².